The van der Waals surface area contributed by atoms with E-state index in [9.17, 15) is 14.3 Å². The zero-order valence-corrected chi connectivity index (χ0v) is 16.3. The molecule has 3 rings (SSSR count). The van der Waals surface area contributed by atoms with Gasteiger partial charge in [-0.2, -0.15) is 0 Å². The monoisotopic (exact) mass is 402 g/mol. The Balaban J connectivity index is 1.89. The van der Waals surface area contributed by atoms with Crippen LogP contribution < -0.4 is 10.6 Å². The van der Waals surface area contributed by atoms with Gasteiger partial charge in [0.15, 0.2) is 5.11 Å². The largest absolute Gasteiger partial charge is 0.396 e. The van der Waals surface area contributed by atoms with E-state index in [1.54, 1.807) is 42.5 Å². The lowest BCUT2D eigenvalue weighted by molar-refractivity contribution is 0.0692. The van der Waals surface area contributed by atoms with Crippen LogP contribution in [0.5, 0.6) is 0 Å². The molecule has 1 amide bonds. The van der Waals surface area contributed by atoms with Gasteiger partial charge in [-0.15, -0.1) is 0 Å². The lowest BCUT2D eigenvalue weighted by Crippen LogP contribution is -2.56. The minimum absolute atomic E-state index is 0.0518. The fourth-order valence-corrected chi connectivity index (χ4v) is 4.02. The van der Waals surface area contributed by atoms with Crippen molar-refractivity contribution in [3.8, 4) is 0 Å². The molecule has 5 nitrogen and oxygen atoms in total. The van der Waals surface area contributed by atoms with Gasteiger partial charge in [0, 0.05) is 17.0 Å². The molecule has 1 saturated heterocycles. The number of thiocarbonyl (C=S) groups is 1. The first-order valence-corrected chi connectivity index (χ1v) is 9.58. The van der Waals surface area contributed by atoms with Crippen molar-refractivity contribution < 1.29 is 19.0 Å². The van der Waals surface area contributed by atoms with Crippen LogP contribution in [0.25, 0.3) is 0 Å². The molecule has 1 aliphatic rings. The van der Waals surface area contributed by atoms with Crippen LogP contribution in [0, 0.1) is 11.7 Å². The molecular formula is C21H23FN2O3S. The van der Waals surface area contributed by atoms with Gasteiger partial charge in [0.2, 0.25) is 0 Å². The second-order valence-electron chi connectivity index (χ2n) is 6.77. The van der Waals surface area contributed by atoms with Crippen LogP contribution in [-0.2, 0) is 10.3 Å². The Labute approximate surface area is 168 Å². The molecule has 1 heterocycles. The van der Waals surface area contributed by atoms with Gasteiger partial charge in [0.1, 0.15) is 5.82 Å². The van der Waals surface area contributed by atoms with Crippen molar-refractivity contribution in [2.24, 2.45) is 5.92 Å². The molecule has 0 aliphatic carbocycles. The number of rotatable bonds is 5. The van der Waals surface area contributed by atoms with Gasteiger partial charge in [-0.25, -0.2) is 4.39 Å². The SMILES string of the molecule is CC[C@H]1OCC(NC(=S)NC(=O)c2ccccc2)(c2ccccc2F)[C@@H]1CO. The minimum Gasteiger partial charge on any atom is -0.396 e. The number of ether oxygens (including phenoxy) is 1. The summed E-state index contributed by atoms with van der Waals surface area (Å²) in [7, 11) is 0. The van der Waals surface area contributed by atoms with Crippen LogP contribution in [0.2, 0.25) is 0 Å². The zero-order valence-electron chi connectivity index (χ0n) is 15.5. The molecule has 0 aromatic heterocycles. The maximum absolute atomic E-state index is 14.7. The quantitative estimate of drug-likeness (QED) is 0.671. The number of carbonyl (C=O) groups is 1. The smallest absolute Gasteiger partial charge is 0.257 e. The van der Waals surface area contributed by atoms with Gasteiger partial charge in [-0.3, -0.25) is 10.1 Å². The third-order valence-corrected chi connectivity index (χ3v) is 5.36. The summed E-state index contributed by atoms with van der Waals surface area (Å²) in [6.07, 6.45) is 0.399. The van der Waals surface area contributed by atoms with Crippen LogP contribution in [0.3, 0.4) is 0 Å². The van der Waals surface area contributed by atoms with Gasteiger partial charge in [0.05, 0.1) is 24.9 Å². The van der Waals surface area contributed by atoms with Gasteiger partial charge in [-0.1, -0.05) is 43.3 Å². The van der Waals surface area contributed by atoms with Crippen LogP contribution in [-0.4, -0.2) is 35.4 Å². The van der Waals surface area contributed by atoms with Crippen molar-refractivity contribution in [2.45, 2.75) is 25.0 Å². The van der Waals surface area contributed by atoms with Crippen molar-refractivity contribution in [1.82, 2.24) is 10.6 Å². The molecule has 0 bridgehead atoms. The molecule has 2 aromatic rings. The van der Waals surface area contributed by atoms with Crippen LogP contribution in [0.15, 0.2) is 54.6 Å². The molecule has 3 atom stereocenters. The molecule has 0 radical (unpaired) electrons. The zero-order chi connectivity index (χ0) is 20.1. The predicted molar refractivity (Wildman–Crippen MR) is 108 cm³/mol. The number of aliphatic hydroxyl groups excluding tert-OH is 1. The van der Waals surface area contributed by atoms with Crippen molar-refractivity contribution in [3.05, 3.63) is 71.5 Å². The van der Waals surface area contributed by atoms with Crippen molar-refractivity contribution in [1.29, 1.82) is 0 Å². The van der Waals surface area contributed by atoms with E-state index >= 15 is 0 Å². The molecule has 28 heavy (non-hydrogen) atoms. The third-order valence-electron chi connectivity index (χ3n) is 5.16. The van der Waals surface area contributed by atoms with E-state index in [2.05, 4.69) is 10.6 Å². The fourth-order valence-electron chi connectivity index (χ4n) is 3.75. The summed E-state index contributed by atoms with van der Waals surface area (Å²) >= 11 is 5.36. The fraction of sp³-hybridized carbons (Fsp3) is 0.333. The molecule has 0 spiro atoms. The van der Waals surface area contributed by atoms with Gasteiger partial charge >= 0.3 is 0 Å². The summed E-state index contributed by atoms with van der Waals surface area (Å²) in [6, 6.07) is 15.0. The molecule has 0 saturated carbocycles. The Morgan fingerprint density at radius 3 is 2.57 bits per heavy atom. The highest BCUT2D eigenvalue weighted by Crippen LogP contribution is 2.41. The lowest BCUT2D eigenvalue weighted by atomic mass is 9.77. The maximum Gasteiger partial charge on any atom is 0.257 e. The van der Waals surface area contributed by atoms with Crippen molar-refractivity contribution in [3.63, 3.8) is 0 Å². The number of halogens is 1. The Morgan fingerprint density at radius 1 is 1.25 bits per heavy atom. The molecule has 1 unspecified atom stereocenters. The number of benzene rings is 2. The Hall–Kier alpha value is -2.35. The highest BCUT2D eigenvalue weighted by Gasteiger charge is 2.51. The molecule has 148 valence electrons. The van der Waals surface area contributed by atoms with Crippen molar-refractivity contribution >= 4 is 23.2 Å². The maximum atomic E-state index is 14.7. The van der Waals surface area contributed by atoms with Crippen LogP contribution in [0.1, 0.15) is 29.3 Å². The highest BCUT2D eigenvalue weighted by molar-refractivity contribution is 7.80. The summed E-state index contributed by atoms with van der Waals surface area (Å²) in [6.45, 7) is 1.86. The standard InChI is InChI=1S/C21H23FN2O3S/c1-2-18-16(12-25)21(13-27-18,15-10-6-7-11-17(15)22)24-20(28)23-19(26)14-8-4-3-5-9-14/h3-11,16,18,25H,2,12-13H2,1H3,(H2,23,24,26,28)/t16-,18-,21?/m1/s1. The van der Waals surface area contributed by atoms with E-state index in [0.29, 0.717) is 17.5 Å². The Morgan fingerprint density at radius 2 is 1.93 bits per heavy atom. The molecule has 1 aliphatic heterocycles. The van der Waals surface area contributed by atoms with Gasteiger partial charge in [-0.05, 0) is 36.8 Å². The molecule has 1 fully saturated rings. The summed E-state index contributed by atoms with van der Waals surface area (Å²) < 4.78 is 20.6. The topological polar surface area (TPSA) is 70.6 Å². The first-order chi connectivity index (χ1) is 13.5. The van der Waals surface area contributed by atoms with E-state index in [0.717, 1.165) is 0 Å². The summed E-state index contributed by atoms with van der Waals surface area (Å²) in [5, 5.41) is 15.8. The molecular weight excluding hydrogens is 379 g/mol. The first-order valence-electron chi connectivity index (χ1n) is 9.18. The average molecular weight is 402 g/mol. The van der Waals surface area contributed by atoms with Crippen LogP contribution in [0.4, 0.5) is 4.39 Å². The summed E-state index contributed by atoms with van der Waals surface area (Å²) in [5.74, 6) is -1.22. The minimum atomic E-state index is -1.08. The molecule has 7 heteroatoms. The Bertz CT molecular complexity index is 849. The van der Waals surface area contributed by atoms with E-state index in [-0.39, 0.29) is 30.3 Å². The van der Waals surface area contributed by atoms with E-state index in [4.69, 9.17) is 17.0 Å². The first kappa shape index (κ1) is 20.4. The summed E-state index contributed by atoms with van der Waals surface area (Å²) in [5.41, 5.74) is -0.275. The third kappa shape index (κ3) is 3.92. The number of nitrogens with one attached hydrogen (secondary N) is 2. The van der Waals surface area contributed by atoms with Gasteiger partial charge < -0.3 is 15.2 Å². The van der Waals surface area contributed by atoms with E-state index in [1.807, 2.05) is 13.0 Å². The predicted octanol–water partition coefficient (Wildman–Crippen LogP) is 2.74. The molecule has 2 aromatic carbocycles. The van der Waals surface area contributed by atoms with E-state index in [1.165, 1.54) is 6.07 Å². The highest BCUT2D eigenvalue weighted by atomic mass is 32.1. The van der Waals surface area contributed by atoms with E-state index < -0.39 is 17.3 Å². The molecule has 3 N–H and O–H groups in total. The number of carbonyl (C=O) groups excluding carboxylic acids is 1. The van der Waals surface area contributed by atoms with Gasteiger partial charge in [0.25, 0.3) is 5.91 Å². The van der Waals surface area contributed by atoms with Crippen molar-refractivity contribution in [2.75, 3.05) is 13.2 Å². The number of aliphatic hydroxyl groups is 1. The number of hydrogen-bond donors (Lipinski definition) is 3. The number of amides is 1. The Kier molecular flexibility index (Phi) is 6.39. The summed E-state index contributed by atoms with van der Waals surface area (Å²) in [4.78, 5) is 12.4. The van der Waals surface area contributed by atoms with Crippen LogP contribution >= 0.6 is 12.2 Å². The average Bonchev–Trinajstić information content (AvgIpc) is 3.06. The second-order valence-corrected chi connectivity index (χ2v) is 7.18. The second kappa shape index (κ2) is 8.77. The normalized spacial score (nSPS) is 24.0. The number of hydrogen-bond acceptors (Lipinski definition) is 4. The lowest BCUT2D eigenvalue weighted by Gasteiger charge is -2.37.